The van der Waals surface area contributed by atoms with Gasteiger partial charge in [0.15, 0.2) is 0 Å². The van der Waals surface area contributed by atoms with E-state index in [0.717, 1.165) is 0 Å². The maximum atomic E-state index is 10.7. The van der Waals surface area contributed by atoms with Gasteiger partial charge < -0.3 is 0 Å². The second kappa shape index (κ2) is 3.91. The van der Waals surface area contributed by atoms with Crippen LogP contribution in [0.5, 0.6) is 0 Å². The second-order valence-electron chi connectivity index (χ2n) is 1.98. The summed E-state index contributed by atoms with van der Waals surface area (Å²) in [5.41, 5.74) is 0.708. The highest BCUT2D eigenvalue weighted by atomic mass is 79.9. The lowest BCUT2D eigenvalue weighted by atomic mass is 10.3. The van der Waals surface area contributed by atoms with E-state index in [1.165, 1.54) is 18.3 Å². The van der Waals surface area contributed by atoms with Gasteiger partial charge in [0.05, 0.1) is 0 Å². The van der Waals surface area contributed by atoms with Crippen molar-refractivity contribution in [3.8, 4) is 0 Å². The summed E-state index contributed by atoms with van der Waals surface area (Å²) < 4.78 is -0.542. The number of rotatable bonds is 2. The van der Waals surface area contributed by atoms with Gasteiger partial charge in [0.25, 0.3) is 0 Å². The van der Waals surface area contributed by atoms with Crippen LogP contribution in [0.3, 0.4) is 0 Å². The van der Waals surface area contributed by atoms with Gasteiger partial charge in [-0.25, -0.2) is 0 Å². The molecule has 0 radical (unpaired) electrons. The van der Waals surface area contributed by atoms with E-state index in [-0.39, 0.29) is 15.1 Å². The Labute approximate surface area is 85.4 Å². The number of aromatic nitrogens is 1. The molecule has 0 amide bonds. The number of hydrogen-bond donors (Lipinski definition) is 0. The van der Waals surface area contributed by atoms with Crippen LogP contribution >= 0.6 is 31.9 Å². The van der Waals surface area contributed by atoms with Crippen molar-refractivity contribution in [1.29, 1.82) is 0 Å². The molecule has 12 heavy (non-hydrogen) atoms. The smallest absolute Gasteiger partial charge is 0.246 e. The average Bonchev–Trinajstić information content (AvgIpc) is 2.04. The van der Waals surface area contributed by atoms with Crippen molar-refractivity contribution in [2.24, 2.45) is 0 Å². The second-order valence-corrected chi connectivity index (χ2v) is 3.42. The minimum Gasteiger partial charge on any atom is -0.281 e. The van der Waals surface area contributed by atoms with E-state index < -0.39 is 0 Å². The zero-order valence-corrected chi connectivity index (χ0v) is 8.92. The zero-order chi connectivity index (χ0) is 9.14. The number of carbonyl (C=O) groups excluding carboxylic acids is 2. The van der Waals surface area contributed by atoms with Crippen LogP contribution in [0.25, 0.3) is 0 Å². The fraction of sp³-hybridized carbons (Fsp3) is 0. The van der Waals surface area contributed by atoms with E-state index in [4.69, 9.17) is 0 Å². The molecule has 1 aromatic rings. The zero-order valence-electron chi connectivity index (χ0n) is 5.75. The molecule has 0 aliphatic carbocycles. The first-order valence-electron chi connectivity index (χ1n) is 2.97. The lowest BCUT2D eigenvalue weighted by Gasteiger charge is -1.93. The lowest BCUT2D eigenvalue weighted by Crippen LogP contribution is -1.95. The molecule has 0 aromatic carbocycles. The summed E-state index contributed by atoms with van der Waals surface area (Å²) in [6.07, 6.45) is 1.34. The fourth-order valence-corrected chi connectivity index (χ4v) is 1.10. The topological polar surface area (TPSA) is 47.0 Å². The van der Waals surface area contributed by atoms with Crippen LogP contribution < -0.4 is 0 Å². The Morgan fingerprint density at radius 1 is 1.17 bits per heavy atom. The number of nitrogens with zero attached hydrogens (tertiary/aromatic N) is 1. The lowest BCUT2D eigenvalue weighted by molar-refractivity contribution is 0.108. The molecule has 0 atom stereocenters. The molecule has 0 aliphatic heterocycles. The monoisotopic (exact) mass is 291 g/mol. The maximum absolute atomic E-state index is 10.7. The maximum Gasteiger partial charge on any atom is 0.246 e. The summed E-state index contributed by atoms with van der Waals surface area (Å²) in [6.45, 7) is 0. The van der Waals surface area contributed by atoms with E-state index in [1.807, 2.05) is 0 Å². The molecule has 0 fully saturated rings. The predicted molar refractivity (Wildman–Crippen MR) is 50.8 cm³/mol. The van der Waals surface area contributed by atoms with Crippen molar-refractivity contribution in [3.63, 3.8) is 0 Å². The number of halogens is 2. The van der Waals surface area contributed by atoms with Gasteiger partial charge in [0, 0.05) is 11.8 Å². The summed E-state index contributed by atoms with van der Waals surface area (Å²) in [7, 11) is 0. The summed E-state index contributed by atoms with van der Waals surface area (Å²) in [5, 5.41) is 0. The number of pyridine rings is 1. The van der Waals surface area contributed by atoms with Crippen LogP contribution in [0.2, 0.25) is 0 Å². The molecule has 5 heteroatoms. The van der Waals surface area contributed by atoms with Gasteiger partial charge in [-0.15, -0.1) is 0 Å². The SMILES string of the molecule is O=C(Br)c1ccc(C(=O)Br)nc1. The summed E-state index contributed by atoms with van der Waals surface area (Å²) in [4.78, 5) is 25.1. The van der Waals surface area contributed by atoms with Gasteiger partial charge in [-0.2, -0.15) is 0 Å². The van der Waals surface area contributed by atoms with Crippen LogP contribution in [0, 0.1) is 0 Å². The molecule has 0 spiro atoms. The molecule has 0 saturated heterocycles. The molecule has 1 aromatic heterocycles. The van der Waals surface area contributed by atoms with Crippen molar-refractivity contribution in [2.75, 3.05) is 0 Å². The first kappa shape index (κ1) is 9.54. The van der Waals surface area contributed by atoms with E-state index in [0.29, 0.717) is 5.56 Å². The van der Waals surface area contributed by atoms with Crippen molar-refractivity contribution in [1.82, 2.24) is 4.98 Å². The van der Waals surface area contributed by atoms with Gasteiger partial charge in [-0.1, -0.05) is 0 Å². The standard InChI is InChI=1S/C7H3Br2NO2/c8-6(11)4-1-2-5(7(9)12)10-3-4/h1-3H. The van der Waals surface area contributed by atoms with Crippen LogP contribution in [0.15, 0.2) is 18.3 Å². The third-order valence-electron chi connectivity index (χ3n) is 1.19. The third-order valence-corrected chi connectivity index (χ3v) is 2.06. The highest BCUT2D eigenvalue weighted by Crippen LogP contribution is 2.07. The molecular formula is C7H3Br2NO2. The molecule has 0 aliphatic rings. The molecule has 0 saturated carbocycles. The average molecular weight is 293 g/mol. The van der Waals surface area contributed by atoms with Crippen LogP contribution in [-0.2, 0) is 0 Å². The van der Waals surface area contributed by atoms with E-state index in [2.05, 4.69) is 36.8 Å². The Balaban J connectivity index is 3.01. The third kappa shape index (κ3) is 2.22. The molecule has 3 nitrogen and oxygen atoms in total. The van der Waals surface area contributed by atoms with Crippen LogP contribution in [0.4, 0.5) is 0 Å². The summed E-state index contributed by atoms with van der Waals surface area (Å²) >= 11 is 5.51. The van der Waals surface area contributed by atoms with Gasteiger partial charge >= 0.3 is 0 Å². The van der Waals surface area contributed by atoms with E-state index in [9.17, 15) is 9.59 Å². The Hall–Kier alpha value is -0.550. The Morgan fingerprint density at radius 2 is 1.83 bits per heavy atom. The molecule has 62 valence electrons. The van der Waals surface area contributed by atoms with E-state index >= 15 is 0 Å². The highest BCUT2D eigenvalue weighted by molar-refractivity contribution is 9.18. The van der Waals surface area contributed by atoms with Crippen LogP contribution in [0.1, 0.15) is 20.8 Å². The molecular weight excluding hydrogens is 290 g/mol. The van der Waals surface area contributed by atoms with Crippen LogP contribution in [-0.4, -0.2) is 14.4 Å². The molecule has 1 heterocycles. The highest BCUT2D eigenvalue weighted by Gasteiger charge is 2.04. The predicted octanol–water partition coefficient (Wildman–Crippen LogP) is 2.15. The number of hydrogen-bond acceptors (Lipinski definition) is 3. The molecule has 0 unspecified atom stereocenters. The first-order chi connectivity index (χ1) is 5.61. The summed E-state index contributed by atoms with van der Waals surface area (Å²) in [5.74, 6) is 0. The van der Waals surface area contributed by atoms with Crippen molar-refractivity contribution < 1.29 is 9.59 Å². The summed E-state index contributed by atoms with van der Waals surface area (Å²) in [6, 6.07) is 3.00. The minimum absolute atomic E-state index is 0.247. The normalized spacial score (nSPS) is 9.50. The Kier molecular flexibility index (Phi) is 3.11. The molecule has 0 N–H and O–H groups in total. The largest absolute Gasteiger partial charge is 0.281 e. The fourth-order valence-electron chi connectivity index (χ4n) is 0.626. The van der Waals surface area contributed by atoms with Gasteiger partial charge in [0.2, 0.25) is 9.39 Å². The molecule has 0 bridgehead atoms. The Bertz CT molecular complexity index is 288. The van der Waals surface area contributed by atoms with Gasteiger partial charge in [-0.3, -0.25) is 14.6 Å². The first-order valence-corrected chi connectivity index (χ1v) is 4.55. The minimum atomic E-state index is -0.295. The molecule has 1 rings (SSSR count). The van der Waals surface area contributed by atoms with Gasteiger partial charge in [0.1, 0.15) is 5.69 Å². The van der Waals surface area contributed by atoms with Gasteiger partial charge in [-0.05, 0) is 44.0 Å². The number of carbonyl (C=O) groups is 2. The van der Waals surface area contributed by atoms with Crippen molar-refractivity contribution >= 4 is 41.2 Å². The Morgan fingerprint density at radius 3 is 2.17 bits per heavy atom. The quantitative estimate of drug-likeness (QED) is 0.785. The van der Waals surface area contributed by atoms with E-state index in [1.54, 1.807) is 0 Å². The van der Waals surface area contributed by atoms with Crippen molar-refractivity contribution in [2.45, 2.75) is 0 Å². The van der Waals surface area contributed by atoms with Crippen molar-refractivity contribution in [3.05, 3.63) is 29.6 Å².